The summed E-state index contributed by atoms with van der Waals surface area (Å²) in [6.07, 6.45) is 0.434. The van der Waals surface area contributed by atoms with Gasteiger partial charge in [0, 0.05) is 12.1 Å². The van der Waals surface area contributed by atoms with E-state index in [1.165, 1.54) is 18.2 Å². The van der Waals surface area contributed by atoms with Gasteiger partial charge in [-0.1, -0.05) is 0 Å². The van der Waals surface area contributed by atoms with Gasteiger partial charge < -0.3 is 14.8 Å². The lowest BCUT2D eigenvalue weighted by molar-refractivity contribution is 0.0529. The average Bonchev–Trinajstić information content (AvgIpc) is 2.46. The fourth-order valence-electron chi connectivity index (χ4n) is 2.33. The number of carbonyl (C=O) groups is 1. The summed E-state index contributed by atoms with van der Waals surface area (Å²) >= 11 is 0. The van der Waals surface area contributed by atoms with Crippen LogP contribution in [0.25, 0.3) is 0 Å². The third-order valence-electron chi connectivity index (χ3n) is 3.36. The van der Waals surface area contributed by atoms with Crippen molar-refractivity contribution < 1.29 is 23.0 Å². The number of hydrogen-bond acceptors (Lipinski definition) is 3. The van der Waals surface area contributed by atoms with E-state index < -0.39 is 17.8 Å². The molecule has 4 nitrogen and oxygen atoms in total. The first-order valence-electron chi connectivity index (χ1n) is 7.49. The highest BCUT2D eigenvalue weighted by Gasteiger charge is 2.25. The van der Waals surface area contributed by atoms with Gasteiger partial charge in [-0.3, -0.25) is 0 Å². The maximum atomic E-state index is 13.2. The number of amides is 1. The van der Waals surface area contributed by atoms with Crippen molar-refractivity contribution in [3.8, 4) is 5.75 Å². The lowest BCUT2D eigenvalue weighted by Crippen LogP contribution is -2.36. The highest BCUT2D eigenvalue weighted by Crippen LogP contribution is 2.30. The van der Waals surface area contributed by atoms with Crippen LogP contribution in [-0.2, 0) is 11.2 Å². The number of halogens is 2. The number of fused-ring (bicyclic) bond motifs is 1. The van der Waals surface area contributed by atoms with E-state index in [1.54, 1.807) is 20.8 Å². The van der Waals surface area contributed by atoms with Crippen molar-refractivity contribution in [2.24, 2.45) is 0 Å². The molecule has 1 N–H and O–H groups in total. The lowest BCUT2D eigenvalue weighted by atomic mass is 9.98. The molecule has 1 heterocycles. The van der Waals surface area contributed by atoms with Gasteiger partial charge in [-0.05, 0) is 57.4 Å². The molecule has 1 aromatic rings. The zero-order valence-corrected chi connectivity index (χ0v) is 13.5. The normalized spacial score (nSPS) is 18.0. The van der Waals surface area contributed by atoms with E-state index in [0.717, 1.165) is 5.56 Å². The molecule has 23 heavy (non-hydrogen) atoms. The molecule has 2 rings (SSSR count). The zero-order valence-electron chi connectivity index (χ0n) is 13.5. The van der Waals surface area contributed by atoms with Gasteiger partial charge in [-0.15, -0.1) is 0 Å². The van der Waals surface area contributed by atoms with Crippen LogP contribution in [0.3, 0.4) is 0 Å². The smallest absolute Gasteiger partial charge is 0.407 e. The van der Waals surface area contributed by atoms with Crippen molar-refractivity contribution in [3.05, 3.63) is 41.5 Å². The van der Waals surface area contributed by atoms with E-state index in [4.69, 9.17) is 9.47 Å². The quantitative estimate of drug-likeness (QED) is 0.917. The third kappa shape index (κ3) is 4.94. The molecule has 1 unspecified atom stereocenters. The van der Waals surface area contributed by atoms with Gasteiger partial charge in [-0.25, -0.2) is 13.6 Å². The Balaban J connectivity index is 1.95. The lowest BCUT2D eigenvalue weighted by Gasteiger charge is -2.28. The Hall–Kier alpha value is -2.11. The van der Waals surface area contributed by atoms with Crippen LogP contribution >= 0.6 is 0 Å². The molecular weight excluding hydrogens is 304 g/mol. The van der Waals surface area contributed by atoms with Crippen molar-refractivity contribution in [1.29, 1.82) is 0 Å². The number of carbonyl (C=O) groups excluding carboxylic acids is 1. The Kier molecular flexibility index (Phi) is 5.23. The Morgan fingerprint density at radius 1 is 1.48 bits per heavy atom. The number of ether oxygens (including phenoxy) is 2. The molecule has 0 saturated carbocycles. The van der Waals surface area contributed by atoms with E-state index in [9.17, 15) is 13.6 Å². The molecule has 1 amide bonds. The van der Waals surface area contributed by atoms with Gasteiger partial charge in [0.1, 0.15) is 23.3 Å². The summed E-state index contributed by atoms with van der Waals surface area (Å²) in [6, 6.07) is 4.26. The summed E-state index contributed by atoms with van der Waals surface area (Å²) < 4.78 is 37.2. The molecule has 0 aliphatic carbocycles. The van der Waals surface area contributed by atoms with Gasteiger partial charge in [0.05, 0.1) is 6.33 Å². The molecule has 0 fully saturated rings. The van der Waals surface area contributed by atoms with Gasteiger partial charge in [0.15, 0.2) is 0 Å². The first-order chi connectivity index (χ1) is 10.8. The second kappa shape index (κ2) is 6.98. The van der Waals surface area contributed by atoms with Crippen molar-refractivity contribution in [2.45, 2.75) is 45.3 Å². The Morgan fingerprint density at radius 3 is 2.87 bits per heavy atom. The average molecular weight is 325 g/mol. The third-order valence-corrected chi connectivity index (χ3v) is 3.36. The van der Waals surface area contributed by atoms with Crippen LogP contribution in [0.5, 0.6) is 5.75 Å². The second-order valence-electron chi connectivity index (χ2n) is 6.44. The molecule has 1 aromatic carbocycles. The predicted molar refractivity (Wildman–Crippen MR) is 82.6 cm³/mol. The molecule has 0 bridgehead atoms. The van der Waals surface area contributed by atoms with E-state index in [1.807, 2.05) is 0 Å². The van der Waals surface area contributed by atoms with E-state index in [0.29, 0.717) is 30.5 Å². The van der Waals surface area contributed by atoms with Crippen LogP contribution in [0.1, 0.15) is 32.8 Å². The fraction of sp³-hybridized carbons (Fsp3) is 0.471. The topological polar surface area (TPSA) is 47.6 Å². The number of aryl methyl sites for hydroxylation is 1. The minimum Gasteiger partial charge on any atom is -0.486 e. The van der Waals surface area contributed by atoms with Crippen molar-refractivity contribution in [2.75, 3.05) is 6.54 Å². The van der Waals surface area contributed by atoms with Gasteiger partial charge in [-0.2, -0.15) is 0 Å². The Morgan fingerprint density at radius 2 is 2.22 bits per heavy atom. The molecule has 126 valence electrons. The zero-order chi connectivity index (χ0) is 17.0. The molecule has 0 saturated heterocycles. The summed E-state index contributed by atoms with van der Waals surface area (Å²) in [7, 11) is 0. The number of benzene rings is 1. The molecule has 1 aliphatic rings. The minimum atomic E-state index is -0.617. The van der Waals surface area contributed by atoms with Crippen LogP contribution in [0.2, 0.25) is 0 Å². The molecular formula is C17H21F2NO3. The number of rotatable bonds is 3. The summed E-state index contributed by atoms with van der Waals surface area (Å²) in [6.45, 7) is 5.24. The summed E-state index contributed by atoms with van der Waals surface area (Å²) in [5.74, 6) is 0.220. The van der Waals surface area contributed by atoms with E-state index >= 15 is 0 Å². The van der Waals surface area contributed by atoms with Gasteiger partial charge in [0.2, 0.25) is 0 Å². The first-order valence-corrected chi connectivity index (χ1v) is 7.49. The molecule has 1 atom stereocenters. The van der Waals surface area contributed by atoms with Crippen molar-refractivity contribution >= 4 is 6.09 Å². The standard InChI is InChI=1S/C17H21F2NO3/c1-17(2,3)23-16(21)20-10-12(9-18)15-6-4-11-8-13(19)5-7-14(11)22-15/h5,7-9,15H,4,6,10H2,1-3H3,(H,20,21)/b12-9-. The molecule has 0 aromatic heterocycles. The Labute approximate surface area is 134 Å². The van der Waals surface area contributed by atoms with Crippen LogP contribution in [0.4, 0.5) is 13.6 Å². The van der Waals surface area contributed by atoms with Crippen molar-refractivity contribution in [3.63, 3.8) is 0 Å². The maximum absolute atomic E-state index is 13.2. The van der Waals surface area contributed by atoms with Crippen LogP contribution in [0, 0.1) is 5.82 Å². The van der Waals surface area contributed by atoms with Crippen LogP contribution in [0.15, 0.2) is 30.1 Å². The maximum Gasteiger partial charge on any atom is 0.407 e. The first kappa shape index (κ1) is 17.2. The van der Waals surface area contributed by atoms with Crippen LogP contribution in [-0.4, -0.2) is 24.3 Å². The molecule has 1 aliphatic heterocycles. The number of nitrogens with one attached hydrogen (secondary N) is 1. The molecule has 6 heteroatoms. The van der Waals surface area contributed by atoms with Gasteiger partial charge >= 0.3 is 6.09 Å². The number of hydrogen-bond donors (Lipinski definition) is 1. The minimum absolute atomic E-state index is 0.00733. The van der Waals surface area contributed by atoms with E-state index in [-0.39, 0.29) is 12.4 Å². The van der Waals surface area contributed by atoms with E-state index in [2.05, 4.69) is 5.32 Å². The monoisotopic (exact) mass is 325 g/mol. The summed E-state index contributed by atoms with van der Waals surface area (Å²) in [5, 5.41) is 2.51. The number of alkyl carbamates (subject to hydrolysis) is 1. The summed E-state index contributed by atoms with van der Waals surface area (Å²) in [4.78, 5) is 11.6. The predicted octanol–water partition coefficient (Wildman–Crippen LogP) is 3.90. The fourth-order valence-corrected chi connectivity index (χ4v) is 2.33. The molecule has 0 spiro atoms. The SMILES string of the molecule is CC(C)(C)OC(=O)NC/C(=C/F)C1CCc2cc(F)ccc2O1. The Bertz CT molecular complexity index is 608. The second-order valence-corrected chi connectivity index (χ2v) is 6.44. The summed E-state index contributed by atoms with van der Waals surface area (Å²) in [5.41, 5.74) is 0.457. The highest BCUT2D eigenvalue weighted by atomic mass is 19.1. The van der Waals surface area contributed by atoms with Crippen molar-refractivity contribution in [1.82, 2.24) is 5.32 Å². The largest absolute Gasteiger partial charge is 0.486 e. The highest BCUT2D eigenvalue weighted by molar-refractivity contribution is 5.68. The van der Waals surface area contributed by atoms with Gasteiger partial charge in [0.25, 0.3) is 0 Å². The molecule has 0 radical (unpaired) electrons. The van der Waals surface area contributed by atoms with Crippen LogP contribution < -0.4 is 10.1 Å².